The molecule has 0 spiro atoms. The summed E-state index contributed by atoms with van der Waals surface area (Å²) in [5, 5.41) is 0.982. The SMILES string of the molecule is CC1(c2cc([CH]c3ccc(F)cc3)oc2[Si](C)(C)C)OCCO1. The molecule has 5 heteroatoms. The summed E-state index contributed by atoms with van der Waals surface area (Å²) in [5.41, 5.74) is 1.87. The van der Waals surface area contributed by atoms with E-state index in [4.69, 9.17) is 13.9 Å². The maximum absolute atomic E-state index is 13.0. The molecule has 2 heterocycles. The zero-order chi connectivity index (χ0) is 16.7. The molecule has 0 amide bonds. The summed E-state index contributed by atoms with van der Waals surface area (Å²) in [6.07, 6.45) is 1.91. The molecule has 0 saturated carbocycles. The van der Waals surface area contributed by atoms with Crippen molar-refractivity contribution < 1.29 is 18.3 Å². The van der Waals surface area contributed by atoms with E-state index < -0.39 is 13.9 Å². The maximum atomic E-state index is 13.0. The van der Waals surface area contributed by atoms with Gasteiger partial charge in [0.2, 0.25) is 0 Å². The van der Waals surface area contributed by atoms with Gasteiger partial charge in [0.05, 0.1) is 25.0 Å². The van der Waals surface area contributed by atoms with Crippen molar-refractivity contribution in [3.8, 4) is 0 Å². The van der Waals surface area contributed by atoms with Crippen molar-refractivity contribution in [2.24, 2.45) is 0 Å². The minimum atomic E-state index is -1.70. The third-order valence-electron chi connectivity index (χ3n) is 3.94. The lowest BCUT2D eigenvalue weighted by Crippen LogP contribution is -2.43. The lowest BCUT2D eigenvalue weighted by atomic mass is 10.1. The number of rotatable bonds is 4. The quantitative estimate of drug-likeness (QED) is 0.798. The van der Waals surface area contributed by atoms with E-state index in [1.54, 1.807) is 12.1 Å². The summed E-state index contributed by atoms with van der Waals surface area (Å²) in [5.74, 6) is -0.247. The van der Waals surface area contributed by atoms with Crippen molar-refractivity contribution in [1.29, 1.82) is 0 Å². The van der Waals surface area contributed by atoms with Crippen LogP contribution in [0, 0.1) is 12.2 Å². The van der Waals surface area contributed by atoms with Crippen LogP contribution in [-0.2, 0) is 15.3 Å². The normalized spacial score (nSPS) is 17.6. The second kappa shape index (κ2) is 5.89. The van der Waals surface area contributed by atoms with E-state index in [0.29, 0.717) is 13.2 Å². The van der Waals surface area contributed by atoms with Crippen LogP contribution in [0.15, 0.2) is 34.7 Å². The van der Waals surface area contributed by atoms with Crippen molar-refractivity contribution >= 4 is 13.5 Å². The van der Waals surface area contributed by atoms with Crippen LogP contribution in [-0.4, -0.2) is 21.3 Å². The molecule has 3 rings (SSSR count). The Labute approximate surface area is 137 Å². The molecule has 1 saturated heterocycles. The molecule has 0 aliphatic carbocycles. The molecule has 1 aliphatic heterocycles. The summed E-state index contributed by atoms with van der Waals surface area (Å²) in [6, 6.07) is 8.34. The van der Waals surface area contributed by atoms with Crippen molar-refractivity contribution in [1.82, 2.24) is 0 Å². The Kier molecular flexibility index (Phi) is 4.21. The molecule has 23 heavy (non-hydrogen) atoms. The highest BCUT2D eigenvalue weighted by molar-refractivity contribution is 6.88. The van der Waals surface area contributed by atoms with E-state index >= 15 is 0 Å². The van der Waals surface area contributed by atoms with Gasteiger partial charge in [-0.1, -0.05) is 31.8 Å². The fraction of sp³-hybridized carbons (Fsp3) is 0.389. The van der Waals surface area contributed by atoms with Crippen LogP contribution < -0.4 is 5.38 Å². The van der Waals surface area contributed by atoms with E-state index in [0.717, 1.165) is 22.3 Å². The summed E-state index contributed by atoms with van der Waals surface area (Å²) in [7, 11) is -1.70. The fourth-order valence-corrected chi connectivity index (χ4v) is 4.30. The summed E-state index contributed by atoms with van der Waals surface area (Å²) >= 11 is 0. The Morgan fingerprint density at radius 2 is 1.70 bits per heavy atom. The van der Waals surface area contributed by atoms with E-state index in [9.17, 15) is 4.39 Å². The van der Waals surface area contributed by atoms with Crippen molar-refractivity contribution in [2.45, 2.75) is 32.4 Å². The van der Waals surface area contributed by atoms with Crippen LogP contribution >= 0.6 is 0 Å². The van der Waals surface area contributed by atoms with Gasteiger partial charge in [0.15, 0.2) is 5.79 Å². The first-order valence-corrected chi connectivity index (χ1v) is 11.3. The first kappa shape index (κ1) is 16.4. The Balaban J connectivity index is 1.96. The average Bonchev–Trinajstić information content (AvgIpc) is 3.08. The van der Waals surface area contributed by atoms with E-state index in [2.05, 4.69) is 19.6 Å². The molecule has 1 fully saturated rings. The number of hydrogen-bond acceptors (Lipinski definition) is 3. The molecule has 1 aromatic heterocycles. The molecule has 3 nitrogen and oxygen atoms in total. The summed E-state index contributed by atoms with van der Waals surface area (Å²) in [6.45, 7) is 9.81. The van der Waals surface area contributed by atoms with Gasteiger partial charge in [0, 0.05) is 5.56 Å². The second-order valence-corrected chi connectivity index (χ2v) is 11.9. The van der Waals surface area contributed by atoms with Gasteiger partial charge in [-0.25, -0.2) is 4.39 Å². The highest BCUT2D eigenvalue weighted by atomic mass is 28.3. The Morgan fingerprint density at radius 3 is 2.26 bits per heavy atom. The predicted octanol–water partition coefficient (Wildman–Crippen LogP) is 3.78. The highest BCUT2D eigenvalue weighted by Gasteiger charge is 2.40. The lowest BCUT2D eigenvalue weighted by molar-refractivity contribution is -0.149. The molecule has 0 atom stereocenters. The van der Waals surface area contributed by atoms with Crippen LogP contribution in [0.3, 0.4) is 0 Å². The number of benzene rings is 1. The molecule has 0 N–H and O–H groups in total. The molecule has 123 valence electrons. The van der Waals surface area contributed by atoms with Crippen molar-refractivity contribution in [2.75, 3.05) is 13.2 Å². The van der Waals surface area contributed by atoms with Gasteiger partial charge >= 0.3 is 0 Å². The summed E-state index contributed by atoms with van der Waals surface area (Å²) < 4.78 is 30.8. The monoisotopic (exact) mass is 333 g/mol. The van der Waals surface area contributed by atoms with Crippen LogP contribution in [0.25, 0.3) is 0 Å². The molecule has 1 aromatic carbocycles. The topological polar surface area (TPSA) is 31.6 Å². The highest BCUT2D eigenvalue weighted by Crippen LogP contribution is 2.33. The van der Waals surface area contributed by atoms with Crippen molar-refractivity contribution in [3.05, 3.63) is 59.5 Å². The second-order valence-electron chi connectivity index (χ2n) is 6.98. The van der Waals surface area contributed by atoms with Crippen LogP contribution in [0.1, 0.15) is 23.8 Å². The first-order valence-electron chi connectivity index (χ1n) is 7.81. The fourth-order valence-electron chi connectivity index (χ4n) is 2.77. The largest absolute Gasteiger partial charge is 0.470 e. The van der Waals surface area contributed by atoms with Crippen LogP contribution in [0.4, 0.5) is 4.39 Å². The van der Waals surface area contributed by atoms with E-state index in [-0.39, 0.29) is 5.82 Å². The molecule has 0 bridgehead atoms. The standard InChI is InChI=1S/C18H22FO3Si/c1-18(20-9-10-21-18)16-12-15(22-17(16)23(2,3)4)11-13-5-7-14(19)8-6-13/h5-8,11-12H,9-10H2,1-4H3. The van der Waals surface area contributed by atoms with E-state index in [1.165, 1.54) is 12.1 Å². The van der Waals surface area contributed by atoms with Gasteiger partial charge < -0.3 is 13.9 Å². The minimum absolute atomic E-state index is 0.245. The summed E-state index contributed by atoms with van der Waals surface area (Å²) in [4.78, 5) is 0. The van der Waals surface area contributed by atoms with Gasteiger partial charge in [-0.2, -0.15) is 0 Å². The first-order chi connectivity index (χ1) is 10.8. The molecule has 1 radical (unpaired) electrons. The average molecular weight is 333 g/mol. The molecular formula is C18H22FO3Si. The van der Waals surface area contributed by atoms with Gasteiger partial charge in [0.1, 0.15) is 19.7 Å². The number of furan rings is 1. The smallest absolute Gasteiger partial charge is 0.195 e. The molecule has 0 unspecified atom stereocenters. The molecule has 2 aromatic rings. The predicted molar refractivity (Wildman–Crippen MR) is 89.8 cm³/mol. The number of ether oxygens (including phenoxy) is 2. The lowest BCUT2D eigenvalue weighted by Gasteiger charge is -2.25. The third-order valence-corrected chi connectivity index (χ3v) is 5.67. The maximum Gasteiger partial charge on any atom is 0.195 e. The Hall–Kier alpha value is -1.43. The van der Waals surface area contributed by atoms with Gasteiger partial charge in [-0.05, 0) is 30.7 Å². The van der Waals surface area contributed by atoms with Crippen LogP contribution in [0.5, 0.6) is 0 Å². The zero-order valence-corrected chi connectivity index (χ0v) is 15.0. The number of hydrogen-bond donors (Lipinski definition) is 0. The van der Waals surface area contributed by atoms with Gasteiger partial charge in [0.25, 0.3) is 0 Å². The third kappa shape index (κ3) is 3.41. The zero-order valence-electron chi connectivity index (χ0n) is 14.0. The van der Waals surface area contributed by atoms with Crippen LogP contribution in [0.2, 0.25) is 19.6 Å². The van der Waals surface area contributed by atoms with Gasteiger partial charge in [-0.15, -0.1) is 0 Å². The van der Waals surface area contributed by atoms with Gasteiger partial charge in [-0.3, -0.25) is 0 Å². The molecular weight excluding hydrogens is 311 g/mol. The number of halogens is 1. The molecule has 1 aliphatic rings. The minimum Gasteiger partial charge on any atom is -0.470 e. The Bertz CT molecular complexity index is 679. The van der Waals surface area contributed by atoms with Crippen molar-refractivity contribution in [3.63, 3.8) is 0 Å². The van der Waals surface area contributed by atoms with E-state index in [1.807, 2.05) is 19.4 Å². The Morgan fingerprint density at radius 1 is 1.09 bits per heavy atom.